The number of hydrogen-bond donors (Lipinski definition) is 2. The minimum Gasteiger partial charge on any atom is -0.357 e. The highest BCUT2D eigenvalue weighted by atomic mass is 127. The molecule has 3 unspecified atom stereocenters. The Kier molecular flexibility index (Phi) is 11.0. The Morgan fingerprint density at radius 1 is 1.46 bits per heavy atom. The Morgan fingerprint density at radius 3 is 2.88 bits per heavy atom. The normalized spacial score (nSPS) is 22.5. The van der Waals surface area contributed by atoms with Crippen LogP contribution in [0.1, 0.15) is 44.4 Å². The van der Waals surface area contributed by atoms with E-state index < -0.39 is 10.8 Å². The highest BCUT2D eigenvalue weighted by molar-refractivity contribution is 14.0. The van der Waals surface area contributed by atoms with Crippen molar-refractivity contribution >= 4 is 68.0 Å². The van der Waals surface area contributed by atoms with Crippen molar-refractivity contribution < 1.29 is 4.21 Å². The fourth-order valence-electron chi connectivity index (χ4n) is 2.86. The van der Waals surface area contributed by atoms with E-state index in [1.807, 2.05) is 6.92 Å². The van der Waals surface area contributed by atoms with Crippen molar-refractivity contribution in [1.29, 1.82) is 0 Å². The van der Waals surface area contributed by atoms with Crippen molar-refractivity contribution in [2.45, 2.75) is 57.4 Å². The summed E-state index contributed by atoms with van der Waals surface area (Å²) in [5.74, 6) is 1.63. The van der Waals surface area contributed by atoms with Crippen LogP contribution in [0.25, 0.3) is 0 Å². The van der Waals surface area contributed by atoms with Crippen molar-refractivity contribution in [3.05, 3.63) is 20.8 Å². The van der Waals surface area contributed by atoms with Gasteiger partial charge in [-0.15, -0.1) is 35.3 Å². The van der Waals surface area contributed by atoms with Crippen molar-refractivity contribution in [2.24, 2.45) is 4.99 Å². The zero-order valence-electron chi connectivity index (χ0n) is 14.2. The summed E-state index contributed by atoms with van der Waals surface area (Å²) in [5.41, 5.74) is 0. The molecule has 0 aliphatic heterocycles. The second kappa shape index (κ2) is 11.9. The van der Waals surface area contributed by atoms with Gasteiger partial charge in [0.15, 0.2) is 5.96 Å². The van der Waals surface area contributed by atoms with E-state index in [-0.39, 0.29) is 24.0 Å². The van der Waals surface area contributed by atoms with E-state index in [1.54, 1.807) is 11.3 Å². The molecule has 0 radical (unpaired) electrons. The van der Waals surface area contributed by atoms with Crippen LogP contribution in [0.3, 0.4) is 0 Å². The van der Waals surface area contributed by atoms with Gasteiger partial charge in [0.1, 0.15) is 0 Å². The van der Waals surface area contributed by atoms with E-state index in [2.05, 4.69) is 49.9 Å². The van der Waals surface area contributed by atoms with E-state index in [1.165, 1.54) is 4.88 Å². The Hall–Kier alpha value is 0.330. The van der Waals surface area contributed by atoms with Crippen molar-refractivity contribution in [2.75, 3.05) is 12.3 Å². The smallest absolute Gasteiger partial charge is 0.191 e. The fraction of sp³-hybridized carbons (Fsp3) is 0.688. The third-order valence-corrected chi connectivity index (χ3v) is 7.41. The first-order chi connectivity index (χ1) is 11.1. The minimum absolute atomic E-state index is 0. The van der Waals surface area contributed by atoms with Crippen LogP contribution >= 0.6 is 51.2 Å². The maximum Gasteiger partial charge on any atom is 0.191 e. The molecule has 1 aromatic heterocycles. The Morgan fingerprint density at radius 2 is 2.25 bits per heavy atom. The zero-order chi connectivity index (χ0) is 16.7. The molecule has 1 aliphatic carbocycles. The molecule has 1 fully saturated rings. The largest absolute Gasteiger partial charge is 0.357 e. The van der Waals surface area contributed by atoms with Gasteiger partial charge in [-0.1, -0.05) is 13.3 Å². The number of hydrogen-bond acceptors (Lipinski definition) is 3. The first-order valence-electron chi connectivity index (χ1n) is 8.27. The third kappa shape index (κ3) is 7.29. The molecule has 8 heteroatoms. The van der Waals surface area contributed by atoms with Gasteiger partial charge in [-0.05, 0) is 48.2 Å². The van der Waals surface area contributed by atoms with Crippen molar-refractivity contribution in [1.82, 2.24) is 10.6 Å². The van der Waals surface area contributed by atoms with Gasteiger partial charge in [-0.2, -0.15) is 0 Å². The van der Waals surface area contributed by atoms with Crippen LogP contribution in [-0.4, -0.2) is 33.8 Å². The average Bonchev–Trinajstić information content (AvgIpc) is 2.98. The van der Waals surface area contributed by atoms with Gasteiger partial charge >= 0.3 is 0 Å². The summed E-state index contributed by atoms with van der Waals surface area (Å²) in [6.07, 6.45) is 4.35. The molecule has 2 rings (SSSR count). The summed E-state index contributed by atoms with van der Waals surface area (Å²) >= 11 is 5.19. The second-order valence-electron chi connectivity index (χ2n) is 5.73. The molecule has 0 saturated heterocycles. The zero-order valence-corrected chi connectivity index (χ0v) is 19.8. The molecule has 1 aliphatic rings. The molecule has 4 nitrogen and oxygen atoms in total. The number of thiophene rings is 1. The molecular weight excluding hydrogens is 521 g/mol. The number of aliphatic imine (C=N–C) groups is 1. The molecule has 3 atom stereocenters. The molecule has 24 heavy (non-hydrogen) atoms. The van der Waals surface area contributed by atoms with Gasteiger partial charge in [-0.3, -0.25) is 4.21 Å². The topological polar surface area (TPSA) is 53.5 Å². The lowest BCUT2D eigenvalue weighted by Gasteiger charge is -2.30. The van der Waals surface area contributed by atoms with Crippen LogP contribution in [0.5, 0.6) is 0 Å². The lowest BCUT2D eigenvalue weighted by atomic mass is 9.95. The Labute approximate surface area is 177 Å². The van der Waals surface area contributed by atoms with Gasteiger partial charge in [-0.25, -0.2) is 4.99 Å². The quantitative estimate of drug-likeness (QED) is 0.318. The summed E-state index contributed by atoms with van der Waals surface area (Å²) in [6, 6.07) is 2.48. The number of halogens is 2. The number of guanidine groups is 1. The average molecular weight is 548 g/mol. The molecule has 1 saturated carbocycles. The summed E-state index contributed by atoms with van der Waals surface area (Å²) in [6.45, 7) is 5.62. The molecule has 0 amide bonds. The predicted octanol–water partition coefficient (Wildman–Crippen LogP) is 4.26. The maximum absolute atomic E-state index is 12.1. The lowest BCUT2D eigenvalue weighted by molar-refractivity contribution is 0.413. The highest BCUT2D eigenvalue weighted by Gasteiger charge is 2.25. The van der Waals surface area contributed by atoms with E-state index in [0.717, 1.165) is 48.4 Å². The summed E-state index contributed by atoms with van der Waals surface area (Å²) in [4.78, 5) is 5.93. The summed E-state index contributed by atoms with van der Waals surface area (Å²) in [5, 5.41) is 9.28. The van der Waals surface area contributed by atoms with Crippen molar-refractivity contribution in [3.8, 4) is 0 Å². The van der Waals surface area contributed by atoms with E-state index in [0.29, 0.717) is 17.8 Å². The molecule has 1 aromatic rings. The van der Waals surface area contributed by atoms with Crippen molar-refractivity contribution in [3.63, 3.8) is 0 Å². The molecule has 2 N–H and O–H groups in total. The molecule has 0 aromatic carbocycles. The minimum atomic E-state index is -0.687. The van der Waals surface area contributed by atoms with Crippen LogP contribution in [0, 0.1) is 0 Å². The Balaban J connectivity index is 0.00000288. The monoisotopic (exact) mass is 547 g/mol. The molecule has 138 valence electrons. The maximum atomic E-state index is 12.1. The molecule has 0 spiro atoms. The SMILES string of the molecule is CCNC(=NCc1cc(Br)cs1)NC1CCCC(S(=O)CC)C1.I. The number of nitrogens with one attached hydrogen (secondary N) is 2. The van der Waals surface area contributed by atoms with Crippen LogP contribution in [0.2, 0.25) is 0 Å². The first kappa shape index (κ1) is 22.4. The first-order valence-corrected chi connectivity index (χ1v) is 11.3. The van der Waals surface area contributed by atoms with Gasteiger partial charge in [0.25, 0.3) is 0 Å². The molecular formula is C16H27BrIN3OS2. The van der Waals surface area contributed by atoms with E-state index in [4.69, 9.17) is 0 Å². The van der Waals surface area contributed by atoms with E-state index >= 15 is 0 Å². The van der Waals surface area contributed by atoms with E-state index in [9.17, 15) is 4.21 Å². The van der Waals surface area contributed by atoms with Crippen LogP contribution < -0.4 is 10.6 Å². The van der Waals surface area contributed by atoms with Gasteiger partial charge in [0.2, 0.25) is 0 Å². The molecule has 0 bridgehead atoms. The molecule has 1 heterocycles. The van der Waals surface area contributed by atoms with Gasteiger partial charge in [0, 0.05) is 49.1 Å². The van der Waals surface area contributed by atoms with Gasteiger partial charge < -0.3 is 10.6 Å². The predicted molar refractivity (Wildman–Crippen MR) is 120 cm³/mol. The fourth-order valence-corrected chi connectivity index (χ4v) is 5.58. The van der Waals surface area contributed by atoms with Crippen LogP contribution in [0.15, 0.2) is 20.9 Å². The lowest BCUT2D eigenvalue weighted by Crippen LogP contribution is -2.46. The summed E-state index contributed by atoms with van der Waals surface area (Å²) < 4.78 is 13.2. The summed E-state index contributed by atoms with van der Waals surface area (Å²) in [7, 11) is -0.687. The van der Waals surface area contributed by atoms with Crippen LogP contribution in [-0.2, 0) is 17.3 Å². The Bertz CT molecular complexity index is 553. The number of rotatable bonds is 6. The highest BCUT2D eigenvalue weighted by Crippen LogP contribution is 2.23. The standard InChI is InChI=1S/C16H26BrN3OS2.HI/c1-3-18-16(19-10-14-8-12(17)11-22-14)20-13-6-5-7-15(9-13)23(21)4-2;/h8,11,13,15H,3-7,9-10H2,1-2H3,(H2,18,19,20);1H. The second-order valence-corrected chi connectivity index (χ2v) is 9.64. The number of nitrogens with zero attached hydrogens (tertiary/aromatic N) is 1. The van der Waals surface area contributed by atoms with Crippen LogP contribution in [0.4, 0.5) is 0 Å². The third-order valence-electron chi connectivity index (χ3n) is 3.98. The van der Waals surface area contributed by atoms with Gasteiger partial charge in [0.05, 0.1) is 6.54 Å².